The van der Waals surface area contributed by atoms with Gasteiger partial charge < -0.3 is 4.74 Å². The summed E-state index contributed by atoms with van der Waals surface area (Å²) in [5.41, 5.74) is 0. The Morgan fingerprint density at radius 1 is 1.38 bits per heavy atom. The summed E-state index contributed by atoms with van der Waals surface area (Å²) in [6, 6.07) is 0. The molecule has 1 saturated heterocycles. The molecule has 2 heterocycles. The number of morpholine rings is 1. The highest BCUT2D eigenvalue weighted by molar-refractivity contribution is 4.80. The molecule has 1 aliphatic rings. The lowest BCUT2D eigenvalue weighted by atomic mass is 10.4. The first-order chi connectivity index (χ1) is 6.36. The highest BCUT2D eigenvalue weighted by Gasteiger charge is 2.13. The minimum absolute atomic E-state index is 0.811. The molecule has 6 nitrogen and oxygen atoms in total. The number of ether oxygens (including phenoxy) is 1. The Labute approximate surface area is 76.5 Å². The van der Waals surface area contributed by atoms with Crippen LogP contribution in [0.2, 0.25) is 0 Å². The van der Waals surface area contributed by atoms with Crippen molar-refractivity contribution in [1.82, 2.24) is 25.1 Å². The summed E-state index contributed by atoms with van der Waals surface area (Å²) in [7, 11) is 1.86. The number of hydrogen-bond donors (Lipinski definition) is 0. The Bertz CT molecular complexity index is 268. The van der Waals surface area contributed by atoms with Crippen LogP contribution in [-0.4, -0.2) is 51.4 Å². The van der Waals surface area contributed by atoms with Crippen LogP contribution in [0.1, 0.15) is 5.82 Å². The van der Waals surface area contributed by atoms with Crippen molar-refractivity contribution >= 4 is 0 Å². The second-order valence-corrected chi connectivity index (χ2v) is 3.11. The molecule has 1 aliphatic heterocycles. The van der Waals surface area contributed by atoms with E-state index in [1.165, 1.54) is 0 Å². The van der Waals surface area contributed by atoms with E-state index in [0.29, 0.717) is 0 Å². The molecule has 0 aromatic carbocycles. The van der Waals surface area contributed by atoms with Gasteiger partial charge in [0.15, 0.2) is 5.82 Å². The molecule has 0 radical (unpaired) electrons. The third kappa shape index (κ3) is 2.02. The Hall–Kier alpha value is -1.01. The van der Waals surface area contributed by atoms with Crippen molar-refractivity contribution in [3.05, 3.63) is 5.82 Å². The first-order valence-corrected chi connectivity index (χ1v) is 4.37. The van der Waals surface area contributed by atoms with E-state index in [4.69, 9.17) is 4.74 Å². The van der Waals surface area contributed by atoms with Crippen LogP contribution in [0.25, 0.3) is 0 Å². The van der Waals surface area contributed by atoms with Crippen molar-refractivity contribution in [3.8, 4) is 0 Å². The Kier molecular flexibility index (Phi) is 2.51. The molecule has 1 aromatic rings. The molecule has 2 rings (SSSR count). The van der Waals surface area contributed by atoms with E-state index in [1.807, 2.05) is 7.05 Å². The zero-order valence-electron chi connectivity index (χ0n) is 7.68. The average Bonchev–Trinajstić information content (AvgIpc) is 2.54. The fourth-order valence-corrected chi connectivity index (χ4v) is 1.34. The van der Waals surface area contributed by atoms with Gasteiger partial charge in [-0.25, -0.2) is 4.68 Å². The van der Waals surface area contributed by atoms with E-state index in [2.05, 4.69) is 20.4 Å². The molecule has 0 bridgehead atoms. The van der Waals surface area contributed by atoms with Gasteiger partial charge in [0.05, 0.1) is 19.8 Å². The van der Waals surface area contributed by atoms with Gasteiger partial charge in [-0.1, -0.05) is 0 Å². The maximum Gasteiger partial charge on any atom is 0.164 e. The third-order valence-electron chi connectivity index (χ3n) is 2.18. The van der Waals surface area contributed by atoms with Crippen molar-refractivity contribution in [2.75, 3.05) is 26.3 Å². The minimum Gasteiger partial charge on any atom is -0.379 e. The second kappa shape index (κ2) is 3.80. The number of tetrazole rings is 1. The fraction of sp³-hybridized carbons (Fsp3) is 0.857. The first-order valence-electron chi connectivity index (χ1n) is 4.37. The third-order valence-corrected chi connectivity index (χ3v) is 2.18. The fourth-order valence-electron chi connectivity index (χ4n) is 1.34. The molecule has 1 fully saturated rings. The predicted octanol–water partition coefficient (Wildman–Crippen LogP) is -0.958. The molecule has 72 valence electrons. The van der Waals surface area contributed by atoms with Gasteiger partial charge in [-0.3, -0.25) is 4.90 Å². The van der Waals surface area contributed by atoms with E-state index in [1.54, 1.807) is 4.68 Å². The van der Waals surface area contributed by atoms with Gasteiger partial charge in [-0.15, -0.1) is 5.10 Å². The van der Waals surface area contributed by atoms with Crippen LogP contribution in [0.15, 0.2) is 0 Å². The Morgan fingerprint density at radius 3 is 2.77 bits per heavy atom. The number of hydrogen-bond acceptors (Lipinski definition) is 5. The highest BCUT2D eigenvalue weighted by atomic mass is 16.5. The smallest absolute Gasteiger partial charge is 0.164 e. The molecule has 0 amide bonds. The van der Waals surface area contributed by atoms with Gasteiger partial charge in [-0.2, -0.15) is 0 Å². The lowest BCUT2D eigenvalue weighted by molar-refractivity contribution is 0.0325. The number of aryl methyl sites for hydroxylation is 1. The summed E-state index contributed by atoms with van der Waals surface area (Å²) in [4.78, 5) is 2.29. The monoisotopic (exact) mass is 183 g/mol. The lowest BCUT2D eigenvalue weighted by Crippen LogP contribution is -2.36. The van der Waals surface area contributed by atoms with Crippen molar-refractivity contribution in [2.24, 2.45) is 7.05 Å². The van der Waals surface area contributed by atoms with Gasteiger partial charge in [0.25, 0.3) is 0 Å². The zero-order chi connectivity index (χ0) is 9.10. The molecule has 0 aliphatic carbocycles. The van der Waals surface area contributed by atoms with E-state index in [0.717, 1.165) is 38.7 Å². The zero-order valence-corrected chi connectivity index (χ0v) is 7.68. The normalized spacial score (nSPS) is 19.2. The van der Waals surface area contributed by atoms with Crippen LogP contribution in [0.3, 0.4) is 0 Å². The van der Waals surface area contributed by atoms with Crippen LogP contribution in [0.4, 0.5) is 0 Å². The molecule has 6 heteroatoms. The highest BCUT2D eigenvalue weighted by Crippen LogP contribution is 2.01. The Balaban J connectivity index is 1.93. The minimum atomic E-state index is 0.811. The average molecular weight is 183 g/mol. The van der Waals surface area contributed by atoms with Gasteiger partial charge in [0.2, 0.25) is 0 Å². The van der Waals surface area contributed by atoms with Crippen molar-refractivity contribution in [3.63, 3.8) is 0 Å². The molecule has 0 N–H and O–H groups in total. The first kappa shape index (κ1) is 8.58. The SMILES string of the molecule is Cn1nnnc1CN1CCOCC1. The van der Waals surface area contributed by atoms with Crippen LogP contribution in [-0.2, 0) is 18.3 Å². The predicted molar refractivity (Wildman–Crippen MR) is 44.9 cm³/mol. The van der Waals surface area contributed by atoms with Crippen molar-refractivity contribution < 1.29 is 4.74 Å². The maximum atomic E-state index is 5.25. The molecule has 0 saturated carbocycles. The summed E-state index contributed by atoms with van der Waals surface area (Å²) in [6.45, 7) is 4.36. The van der Waals surface area contributed by atoms with Gasteiger partial charge in [0, 0.05) is 20.1 Å². The van der Waals surface area contributed by atoms with Crippen molar-refractivity contribution in [1.29, 1.82) is 0 Å². The Morgan fingerprint density at radius 2 is 2.15 bits per heavy atom. The molecule has 13 heavy (non-hydrogen) atoms. The number of aromatic nitrogens is 4. The van der Waals surface area contributed by atoms with Crippen LogP contribution >= 0.6 is 0 Å². The van der Waals surface area contributed by atoms with Gasteiger partial charge >= 0.3 is 0 Å². The van der Waals surface area contributed by atoms with E-state index < -0.39 is 0 Å². The summed E-state index contributed by atoms with van der Waals surface area (Å²) in [6.07, 6.45) is 0. The molecule has 0 spiro atoms. The number of nitrogens with zero attached hydrogens (tertiary/aromatic N) is 5. The van der Waals surface area contributed by atoms with Crippen molar-refractivity contribution in [2.45, 2.75) is 6.54 Å². The van der Waals surface area contributed by atoms with Crippen LogP contribution in [0.5, 0.6) is 0 Å². The van der Waals surface area contributed by atoms with E-state index in [9.17, 15) is 0 Å². The summed E-state index contributed by atoms with van der Waals surface area (Å²) < 4.78 is 6.95. The van der Waals surface area contributed by atoms with E-state index in [-0.39, 0.29) is 0 Å². The largest absolute Gasteiger partial charge is 0.379 e. The maximum absolute atomic E-state index is 5.25. The van der Waals surface area contributed by atoms with Crippen LogP contribution < -0.4 is 0 Å². The second-order valence-electron chi connectivity index (χ2n) is 3.11. The molecule has 0 atom stereocenters. The van der Waals surface area contributed by atoms with Gasteiger partial charge in [-0.05, 0) is 10.4 Å². The summed E-state index contributed by atoms with van der Waals surface area (Å²) in [5, 5.41) is 11.3. The van der Waals surface area contributed by atoms with Gasteiger partial charge in [0.1, 0.15) is 0 Å². The molecular formula is C7H13N5O. The standard InChI is InChI=1S/C7H13N5O/c1-11-7(8-9-10-11)6-12-2-4-13-5-3-12/h2-6H2,1H3. The quantitative estimate of drug-likeness (QED) is 0.591. The van der Waals surface area contributed by atoms with Crippen LogP contribution in [0, 0.1) is 0 Å². The lowest BCUT2D eigenvalue weighted by Gasteiger charge is -2.25. The molecule has 0 unspecified atom stereocenters. The summed E-state index contributed by atoms with van der Waals surface area (Å²) in [5.74, 6) is 0.905. The summed E-state index contributed by atoms with van der Waals surface area (Å²) >= 11 is 0. The topological polar surface area (TPSA) is 56.1 Å². The molecular weight excluding hydrogens is 170 g/mol. The molecule has 1 aromatic heterocycles. The van der Waals surface area contributed by atoms with E-state index >= 15 is 0 Å². The number of rotatable bonds is 2.